The number of amides is 4. The zero-order chi connectivity index (χ0) is 38.2. The van der Waals surface area contributed by atoms with Crippen LogP contribution in [0.5, 0.6) is 11.5 Å². The number of nitrogens with zero attached hydrogens (tertiary/aromatic N) is 2. The Morgan fingerprint density at radius 1 is 0.926 bits per heavy atom. The Labute approximate surface area is 317 Å². The summed E-state index contributed by atoms with van der Waals surface area (Å²) in [7, 11) is 1.34. The van der Waals surface area contributed by atoms with Gasteiger partial charge in [-0.05, 0) is 96.6 Å². The number of nitrogens with one attached hydrogen (secondary N) is 1. The molecule has 6 atom stereocenters. The van der Waals surface area contributed by atoms with Gasteiger partial charge >= 0.3 is 5.97 Å². The number of fused-ring (bicyclic) bond motifs is 4. The number of aromatic carboxylic acids is 1. The molecule has 14 heteroatoms. The molecule has 3 N–H and O–H groups in total. The van der Waals surface area contributed by atoms with Crippen molar-refractivity contribution >= 4 is 64.2 Å². The molecule has 8 rings (SSSR count). The topological polar surface area (TPSA) is 154 Å². The lowest BCUT2D eigenvalue weighted by atomic mass is 9.49. The van der Waals surface area contributed by atoms with Crippen LogP contribution in [-0.4, -0.2) is 51.9 Å². The molecule has 0 radical (unpaired) electrons. The molecule has 2 aliphatic heterocycles. The fraction of sp³-hybridized carbons (Fsp3) is 0.225. The van der Waals surface area contributed by atoms with E-state index in [1.165, 1.54) is 67.8 Å². The van der Waals surface area contributed by atoms with E-state index in [9.17, 15) is 33.8 Å². The zero-order valence-corrected chi connectivity index (χ0v) is 29.8. The summed E-state index contributed by atoms with van der Waals surface area (Å²) in [6, 6.07) is 20.3. The summed E-state index contributed by atoms with van der Waals surface area (Å²) in [6.07, 6.45) is 1.92. The number of allylic oxidation sites excluding steroid dienone is 2. The molecule has 54 heavy (non-hydrogen) atoms. The number of carbonyl (C=O) groups is 5. The van der Waals surface area contributed by atoms with Crippen LogP contribution in [0.25, 0.3) is 0 Å². The van der Waals surface area contributed by atoms with Crippen LogP contribution in [0.2, 0.25) is 10.0 Å². The maximum atomic E-state index is 15.3. The first kappa shape index (κ1) is 35.3. The van der Waals surface area contributed by atoms with E-state index in [1.54, 1.807) is 24.3 Å². The van der Waals surface area contributed by atoms with E-state index < -0.39 is 70.4 Å². The van der Waals surface area contributed by atoms with Crippen molar-refractivity contribution in [1.29, 1.82) is 0 Å². The minimum Gasteiger partial charge on any atom is -0.503 e. The number of hydrogen-bond donors (Lipinski definition) is 3. The first-order chi connectivity index (χ1) is 25.9. The van der Waals surface area contributed by atoms with E-state index in [0.717, 1.165) is 9.91 Å². The lowest BCUT2D eigenvalue weighted by Crippen LogP contribution is -2.53. The summed E-state index contributed by atoms with van der Waals surface area (Å²) in [4.78, 5) is 71.5. The monoisotopic (exact) mass is 769 g/mol. The molecule has 1 saturated carbocycles. The predicted octanol–water partition coefficient (Wildman–Crippen LogP) is 6.73. The molecule has 4 amide bonds. The second-order valence-corrected chi connectivity index (χ2v) is 14.6. The van der Waals surface area contributed by atoms with E-state index in [4.69, 9.17) is 27.9 Å². The van der Waals surface area contributed by atoms with Gasteiger partial charge in [0, 0.05) is 10.9 Å². The quantitative estimate of drug-likeness (QED) is 0.137. The van der Waals surface area contributed by atoms with E-state index >= 15 is 4.79 Å². The highest BCUT2D eigenvalue weighted by Gasteiger charge is 2.70. The van der Waals surface area contributed by atoms with E-state index in [0.29, 0.717) is 21.7 Å². The third-order valence-electron chi connectivity index (χ3n) is 11.2. The van der Waals surface area contributed by atoms with Crippen LogP contribution >= 0.6 is 23.2 Å². The third-order valence-corrected chi connectivity index (χ3v) is 11.8. The van der Waals surface area contributed by atoms with Gasteiger partial charge in [-0.15, -0.1) is 0 Å². The molecule has 0 bridgehead atoms. The van der Waals surface area contributed by atoms with Gasteiger partial charge in [0.1, 0.15) is 5.82 Å². The van der Waals surface area contributed by atoms with Crippen LogP contribution in [0, 0.1) is 29.5 Å². The Hall–Kier alpha value is -5.72. The van der Waals surface area contributed by atoms with Crippen molar-refractivity contribution in [3.05, 3.63) is 129 Å². The van der Waals surface area contributed by atoms with E-state index in [2.05, 4.69) is 5.43 Å². The summed E-state index contributed by atoms with van der Waals surface area (Å²) in [6.45, 7) is 0. The van der Waals surface area contributed by atoms with E-state index in [1.807, 2.05) is 6.08 Å². The van der Waals surface area contributed by atoms with Gasteiger partial charge in [0.25, 0.3) is 11.8 Å². The number of carbonyl (C=O) groups excluding carboxylic acids is 4. The highest BCUT2D eigenvalue weighted by atomic mass is 35.5. The number of hydrazine groups is 1. The number of rotatable bonds is 7. The van der Waals surface area contributed by atoms with Gasteiger partial charge < -0.3 is 14.9 Å². The van der Waals surface area contributed by atoms with Gasteiger partial charge in [0.15, 0.2) is 11.5 Å². The Morgan fingerprint density at radius 2 is 1.65 bits per heavy atom. The number of benzene rings is 4. The molecule has 3 fully saturated rings. The number of phenolic OH excluding ortho intramolecular Hbond substituents is 1. The number of carboxylic acid groups (broad SMARTS) is 1. The lowest BCUT2D eigenvalue weighted by Gasteiger charge is -2.50. The van der Waals surface area contributed by atoms with Gasteiger partial charge in [-0.2, -0.15) is 5.01 Å². The van der Waals surface area contributed by atoms with Crippen LogP contribution in [0.1, 0.15) is 40.2 Å². The molecule has 0 spiro atoms. The number of methoxy groups -OCH3 is 1. The Kier molecular flexibility index (Phi) is 8.50. The van der Waals surface area contributed by atoms with Crippen LogP contribution in [0.4, 0.5) is 15.8 Å². The molecule has 4 aromatic rings. The van der Waals surface area contributed by atoms with Gasteiger partial charge in [-0.25, -0.2) is 9.18 Å². The molecular formula is C40H30Cl2FN3O8. The number of ether oxygens (including phenoxy) is 1. The highest BCUT2D eigenvalue weighted by molar-refractivity contribution is 6.32. The average Bonchev–Trinajstić information content (AvgIpc) is 3.54. The lowest BCUT2D eigenvalue weighted by molar-refractivity contribution is -0.138. The van der Waals surface area contributed by atoms with Gasteiger partial charge in [-0.1, -0.05) is 53.1 Å². The number of hydrogen-bond acceptors (Lipinski definition) is 8. The number of halogens is 3. The van der Waals surface area contributed by atoms with Crippen molar-refractivity contribution in [2.75, 3.05) is 17.4 Å². The molecule has 0 aromatic heterocycles. The summed E-state index contributed by atoms with van der Waals surface area (Å²) in [5.74, 6) is -9.07. The summed E-state index contributed by atoms with van der Waals surface area (Å²) >= 11 is 12.9. The fourth-order valence-corrected chi connectivity index (χ4v) is 9.32. The largest absolute Gasteiger partial charge is 0.503 e. The summed E-state index contributed by atoms with van der Waals surface area (Å²) in [5, 5.41) is 21.6. The van der Waals surface area contributed by atoms with Crippen molar-refractivity contribution in [2.45, 2.75) is 24.2 Å². The number of phenols is 1. The van der Waals surface area contributed by atoms with E-state index in [-0.39, 0.29) is 46.3 Å². The van der Waals surface area contributed by atoms with Crippen LogP contribution in [0.15, 0.2) is 96.6 Å². The highest BCUT2D eigenvalue weighted by Crippen LogP contribution is 2.64. The summed E-state index contributed by atoms with van der Waals surface area (Å²) in [5.41, 5.74) is 2.92. The van der Waals surface area contributed by atoms with Crippen molar-refractivity contribution in [2.24, 2.45) is 23.7 Å². The SMILES string of the molecule is COc1cc(C2C3=CCC4C(=O)N(c5cccc(C(=O)O)c5)C(=O)C4C3CC3C(=O)N(Nc4ccc(F)cc4)C(=O)C32c2ccc(Cl)cc2)cc(Cl)c1O. The average molecular weight is 771 g/mol. The number of carboxylic acids is 1. The molecule has 2 heterocycles. The molecule has 2 saturated heterocycles. The maximum absolute atomic E-state index is 15.3. The molecule has 4 aromatic carbocycles. The first-order valence-corrected chi connectivity index (χ1v) is 17.8. The standard InChI is InChI=1S/C40H30Cl2FN3O8/c1-54-31-17-20(16-30(42)34(31)47)33-26-13-14-27-32(37(50)45(35(27)48)25-4-2-3-19(15-25)38(51)52)28(26)18-29-36(49)46(44-24-11-9-23(43)10-12-24)39(53)40(29,33)21-5-7-22(41)8-6-21/h2-13,15-17,27-29,32-33,44,47H,14,18H2,1H3,(H,51,52). The molecule has 6 unspecified atom stereocenters. The smallest absolute Gasteiger partial charge is 0.335 e. The first-order valence-electron chi connectivity index (χ1n) is 17.0. The summed E-state index contributed by atoms with van der Waals surface area (Å²) < 4.78 is 19.4. The molecule has 4 aliphatic rings. The van der Waals surface area contributed by atoms with Gasteiger partial charge in [0.05, 0.1) is 52.2 Å². The van der Waals surface area contributed by atoms with Crippen LogP contribution < -0.4 is 15.1 Å². The Balaban J connectivity index is 1.34. The van der Waals surface area contributed by atoms with Crippen molar-refractivity contribution in [3.8, 4) is 11.5 Å². The zero-order valence-electron chi connectivity index (χ0n) is 28.3. The van der Waals surface area contributed by atoms with Crippen LogP contribution in [-0.2, 0) is 24.6 Å². The van der Waals surface area contributed by atoms with Crippen LogP contribution in [0.3, 0.4) is 0 Å². The molecule has 11 nitrogen and oxygen atoms in total. The Morgan fingerprint density at radius 3 is 2.33 bits per heavy atom. The van der Waals surface area contributed by atoms with Crippen molar-refractivity contribution in [3.63, 3.8) is 0 Å². The number of anilines is 2. The molecule has 274 valence electrons. The van der Waals surface area contributed by atoms with Crippen molar-refractivity contribution in [1.82, 2.24) is 5.01 Å². The van der Waals surface area contributed by atoms with Gasteiger partial charge in [-0.3, -0.25) is 29.5 Å². The predicted molar refractivity (Wildman–Crippen MR) is 195 cm³/mol. The second-order valence-electron chi connectivity index (χ2n) is 13.8. The minimum atomic E-state index is -1.68. The number of aromatic hydroxyl groups is 1. The van der Waals surface area contributed by atoms with Crippen molar-refractivity contribution < 1.29 is 43.3 Å². The fourth-order valence-electron chi connectivity index (χ4n) is 8.98. The maximum Gasteiger partial charge on any atom is 0.335 e. The number of imide groups is 2. The normalized spacial score (nSPS) is 25.9. The third kappa shape index (κ3) is 5.18. The molecular weight excluding hydrogens is 740 g/mol. The second kappa shape index (κ2) is 13.0. The molecule has 2 aliphatic carbocycles. The Bertz CT molecular complexity index is 2320. The van der Waals surface area contributed by atoms with Gasteiger partial charge in [0.2, 0.25) is 11.8 Å². The minimum absolute atomic E-state index is 0.00592.